The van der Waals surface area contributed by atoms with Gasteiger partial charge in [0.05, 0.1) is 22.3 Å². The standard InChI is InChI=1S/C15H15N3O2S/c1-12-6-8-13(9-7-12)21(19,20)18(11-10-16)15-5-3-2-4-14(15)17/h2-9H,11,17H2,1H3. The lowest BCUT2D eigenvalue weighted by Crippen LogP contribution is -2.32. The number of benzene rings is 2. The lowest BCUT2D eigenvalue weighted by molar-refractivity contribution is 0.593. The van der Waals surface area contributed by atoms with Crippen molar-refractivity contribution in [2.24, 2.45) is 0 Å². The lowest BCUT2D eigenvalue weighted by Gasteiger charge is -2.23. The van der Waals surface area contributed by atoms with Crippen molar-refractivity contribution in [3.63, 3.8) is 0 Å². The summed E-state index contributed by atoms with van der Waals surface area (Å²) in [6.45, 7) is 1.57. The molecule has 5 nitrogen and oxygen atoms in total. The summed E-state index contributed by atoms with van der Waals surface area (Å²) in [6.07, 6.45) is 0. The van der Waals surface area contributed by atoms with Crippen molar-refractivity contribution in [1.82, 2.24) is 0 Å². The number of nitrogens with zero attached hydrogens (tertiary/aromatic N) is 2. The molecule has 0 atom stereocenters. The zero-order valence-corrected chi connectivity index (χ0v) is 12.3. The molecule has 21 heavy (non-hydrogen) atoms. The third-order valence-electron chi connectivity index (χ3n) is 3.03. The molecule has 0 aliphatic rings. The van der Waals surface area contributed by atoms with E-state index in [4.69, 9.17) is 11.0 Å². The van der Waals surface area contributed by atoms with Gasteiger partial charge in [0.1, 0.15) is 6.54 Å². The fourth-order valence-corrected chi connectivity index (χ4v) is 3.30. The Morgan fingerprint density at radius 1 is 1.14 bits per heavy atom. The molecule has 0 aromatic heterocycles. The lowest BCUT2D eigenvalue weighted by atomic mass is 10.2. The molecule has 0 spiro atoms. The maximum atomic E-state index is 12.7. The topological polar surface area (TPSA) is 87.2 Å². The Morgan fingerprint density at radius 2 is 1.76 bits per heavy atom. The molecule has 0 heterocycles. The van der Waals surface area contributed by atoms with Gasteiger partial charge in [0, 0.05) is 0 Å². The van der Waals surface area contributed by atoms with E-state index >= 15 is 0 Å². The van der Waals surface area contributed by atoms with Crippen molar-refractivity contribution in [2.45, 2.75) is 11.8 Å². The molecule has 108 valence electrons. The smallest absolute Gasteiger partial charge is 0.265 e. The molecule has 0 saturated carbocycles. The molecule has 0 aliphatic heterocycles. The summed E-state index contributed by atoms with van der Waals surface area (Å²) >= 11 is 0. The van der Waals surface area contributed by atoms with Gasteiger partial charge in [-0.2, -0.15) is 5.26 Å². The maximum Gasteiger partial charge on any atom is 0.265 e. The summed E-state index contributed by atoms with van der Waals surface area (Å²) in [7, 11) is -3.82. The summed E-state index contributed by atoms with van der Waals surface area (Å²) in [5.41, 5.74) is 7.41. The first kappa shape index (κ1) is 14.9. The van der Waals surface area contributed by atoms with E-state index < -0.39 is 10.0 Å². The molecule has 2 aromatic rings. The van der Waals surface area contributed by atoms with Crippen LogP contribution in [0.25, 0.3) is 0 Å². The Kier molecular flexibility index (Phi) is 4.15. The third-order valence-corrected chi connectivity index (χ3v) is 4.80. The van der Waals surface area contributed by atoms with E-state index in [-0.39, 0.29) is 11.4 Å². The SMILES string of the molecule is Cc1ccc(S(=O)(=O)N(CC#N)c2ccccc2N)cc1. The Labute approximate surface area is 124 Å². The van der Waals surface area contributed by atoms with Crippen molar-refractivity contribution in [2.75, 3.05) is 16.6 Å². The van der Waals surface area contributed by atoms with Crippen molar-refractivity contribution in [3.05, 3.63) is 54.1 Å². The highest BCUT2D eigenvalue weighted by Gasteiger charge is 2.25. The molecule has 0 unspecified atom stereocenters. The normalized spacial score (nSPS) is 10.9. The molecule has 6 heteroatoms. The summed E-state index contributed by atoms with van der Waals surface area (Å²) < 4.78 is 26.4. The summed E-state index contributed by atoms with van der Waals surface area (Å²) in [5.74, 6) is 0. The van der Waals surface area contributed by atoms with Crippen LogP contribution in [-0.2, 0) is 10.0 Å². The quantitative estimate of drug-likeness (QED) is 0.693. The Morgan fingerprint density at radius 3 is 2.33 bits per heavy atom. The number of hydrogen-bond acceptors (Lipinski definition) is 4. The van der Waals surface area contributed by atoms with Gasteiger partial charge in [0.2, 0.25) is 0 Å². The van der Waals surface area contributed by atoms with Crippen LogP contribution in [0.3, 0.4) is 0 Å². The minimum atomic E-state index is -3.82. The van der Waals surface area contributed by atoms with Crippen LogP contribution in [0.1, 0.15) is 5.56 Å². The highest BCUT2D eigenvalue weighted by atomic mass is 32.2. The van der Waals surface area contributed by atoms with Crippen molar-refractivity contribution >= 4 is 21.4 Å². The van der Waals surface area contributed by atoms with E-state index in [1.54, 1.807) is 36.4 Å². The van der Waals surface area contributed by atoms with Crippen molar-refractivity contribution in [3.8, 4) is 6.07 Å². The highest BCUT2D eigenvalue weighted by Crippen LogP contribution is 2.28. The van der Waals surface area contributed by atoms with Gasteiger partial charge in [-0.1, -0.05) is 29.8 Å². The number of para-hydroxylation sites is 2. The summed E-state index contributed by atoms with van der Waals surface area (Å²) in [5, 5.41) is 8.95. The second kappa shape index (κ2) is 5.85. The van der Waals surface area contributed by atoms with Crippen LogP contribution in [0.2, 0.25) is 0 Å². The Balaban J connectivity index is 2.55. The van der Waals surface area contributed by atoms with Gasteiger partial charge >= 0.3 is 0 Å². The van der Waals surface area contributed by atoms with Gasteiger partial charge < -0.3 is 5.73 Å². The monoisotopic (exact) mass is 301 g/mol. The summed E-state index contributed by atoms with van der Waals surface area (Å²) in [6, 6.07) is 14.9. The minimum absolute atomic E-state index is 0.131. The number of hydrogen-bond donors (Lipinski definition) is 1. The number of anilines is 2. The molecule has 0 fully saturated rings. The van der Waals surface area contributed by atoms with Gasteiger partial charge in [0.15, 0.2) is 0 Å². The summed E-state index contributed by atoms with van der Waals surface area (Å²) in [4.78, 5) is 0.131. The predicted octanol–water partition coefficient (Wildman–Crippen LogP) is 2.30. The third kappa shape index (κ3) is 2.98. The Bertz CT molecular complexity index is 777. The second-order valence-electron chi connectivity index (χ2n) is 4.54. The number of nitriles is 1. The van der Waals surface area contributed by atoms with E-state index in [1.165, 1.54) is 12.1 Å². The first-order valence-corrected chi connectivity index (χ1v) is 7.71. The predicted molar refractivity (Wildman–Crippen MR) is 82.2 cm³/mol. The molecular weight excluding hydrogens is 286 g/mol. The largest absolute Gasteiger partial charge is 0.397 e. The number of nitrogen functional groups attached to an aromatic ring is 1. The van der Waals surface area contributed by atoms with Crippen LogP contribution in [0.15, 0.2) is 53.4 Å². The molecule has 0 amide bonds. The molecule has 0 aliphatic carbocycles. The van der Waals surface area contributed by atoms with Crippen LogP contribution >= 0.6 is 0 Å². The average molecular weight is 301 g/mol. The maximum absolute atomic E-state index is 12.7. The average Bonchev–Trinajstić information content (AvgIpc) is 2.46. The Hall–Kier alpha value is -2.52. The van der Waals surface area contributed by atoms with Crippen molar-refractivity contribution in [1.29, 1.82) is 5.26 Å². The molecule has 2 rings (SSSR count). The number of aryl methyl sites for hydroxylation is 1. The molecule has 0 saturated heterocycles. The van der Waals surface area contributed by atoms with Gasteiger partial charge in [0.25, 0.3) is 10.0 Å². The zero-order chi connectivity index (χ0) is 15.5. The van der Waals surface area contributed by atoms with E-state index in [2.05, 4.69) is 0 Å². The van der Waals surface area contributed by atoms with Crippen LogP contribution in [0.5, 0.6) is 0 Å². The molecular formula is C15H15N3O2S. The van der Waals surface area contributed by atoms with Crippen molar-refractivity contribution < 1.29 is 8.42 Å². The van der Waals surface area contributed by atoms with Gasteiger partial charge in [-0.3, -0.25) is 4.31 Å². The van der Waals surface area contributed by atoms with Gasteiger partial charge in [-0.05, 0) is 31.2 Å². The van der Waals surface area contributed by atoms with Crippen LogP contribution in [-0.4, -0.2) is 15.0 Å². The van der Waals surface area contributed by atoms with E-state index in [0.29, 0.717) is 11.4 Å². The fraction of sp³-hybridized carbons (Fsp3) is 0.133. The number of sulfonamides is 1. The number of nitrogens with two attached hydrogens (primary N) is 1. The highest BCUT2D eigenvalue weighted by molar-refractivity contribution is 7.92. The molecule has 2 aromatic carbocycles. The first-order chi connectivity index (χ1) is 9.96. The van der Waals surface area contributed by atoms with Crippen LogP contribution < -0.4 is 10.0 Å². The fourth-order valence-electron chi connectivity index (χ4n) is 1.92. The van der Waals surface area contributed by atoms with E-state index in [9.17, 15) is 8.42 Å². The first-order valence-electron chi connectivity index (χ1n) is 6.27. The molecule has 0 radical (unpaired) electrons. The minimum Gasteiger partial charge on any atom is -0.397 e. The van der Waals surface area contributed by atoms with E-state index in [0.717, 1.165) is 9.87 Å². The van der Waals surface area contributed by atoms with Gasteiger partial charge in [-0.15, -0.1) is 0 Å². The van der Waals surface area contributed by atoms with Crippen LogP contribution in [0.4, 0.5) is 11.4 Å². The zero-order valence-electron chi connectivity index (χ0n) is 11.5. The number of rotatable bonds is 4. The van der Waals surface area contributed by atoms with Gasteiger partial charge in [-0.25, -0.2) is 8.42 Å². The second-order valence-corrected chi connectivity index (χ2v) is 6.40. The van der Waals surface area contributed by atoms with E-state index in [1.807, 2.05) is 13.0 Å². The molecule has 0 bridgehead atoms. The van der Waals surface area contributed by atoms with Crippen LogP contribution in [0, 0.1) is 18.3 Å². The molecule has 2 N–H and O–H groups in total.